The van der Waals surface area contributed by atoms with Gasteiger partial charge in [0.15, 0.2) is 0 Å². The Labute approximate surface area is 199 Å². The average molecular weight is 471 g/mol. The van der Waals surface area contributed by atoms with Gasteiger partial charge < -0.3 is 14.7 Å². The predicted octanol–water partition coefficient (Wildman–Crippen LogP) is 3.77. The number of ether oxygens (including phenoxy) is 1. The summed E-state index contributed by atoms with van der Waals surface area (Å²) in [6.45, 7) is 9.70. The Morgan fingerprint density at radius 2 is 1.88 bits per heavy atom. The standard InChI is InChI=1S/C24H31ClN6O2/c1-24(2,3)33-23(32)30-12-10-29(11-13-30)20-9-6-17(14-26-20)18-7-8-19-22(21(18)25)27-28-31(19)15-16-4-5-16/h6-9,14,16,23,32H,4-5,10-13,15H2,1-3H3. The number of benzene rings is 1. The van der Waals surface area contributed by atoms with Crippen molar-refractivity contribution in [3.63, 3.8) is 0 Å². The Bertz CT molecular complexity index is 1110. The van der Waals surface area contributed by atoms with Gasteiger partial charge in [0.1, 0.15) is 11.3 Å². The van der Waals surface area contributed by atoms with Crippen LogP contribution in [0.3, 0.4) is 0 Å². The molecule has 0 bridgehead atoms. The normalized spacial score (nSPS) is 18.8. The van der Waals surface area contributed by atoms with Crippen LogP contribution in [0.4, 0.5) is 5.82 Å². The van der Waals surface area contributed by atoms with E-state index in [1.54, 1.807) is 0 Å². The van der Waals surface area contributed by atoms with Gasteiger partial charge in [-0.1, -0.05) is 22.9 Å². The average Bonchev–Trinajstić information content (AvgIpc) is 3.51. The lowest BCUT2D eigenvalue weighted by molar-refractivity contribution is -0.239. The van der Waals surface area contributed by atoms with Crippen molar-refractivity contribution in [2.75, 3.05) is 31.1 Å². The molecule has 2 aliphatic rings. The van der Waals surface area contributed by atoms with Crippen LogP contribution in [-0.4, -0.2) is 68.2 Å². The maximum absolute atomic E-state index is 10.3. The van der Waals surface area contributed by atoms with E-state index < -0.39 is 6.41 Å². The predicted molar refractivity (Wildman–Crippen MR) is 129 cm³/mol. The van der Waals surface area contributed by atoms with Crippen LogP contribution in [0.25, 0.3) is 22.2 Å². The highest BCUT2D eigenvalue weighted by atomic mass is 35.5. The van der Waals surface area contributed by atoms with E-state index in [4.69, 9.17) is 21.3 Å². The lowest BCUT2D eigenvalue weighted by Crippen LogP contribution is -2.52. The van der Waals surface area contributed by atoms with E-state index in [1.165, 1.54) is 12.8 Å². The number of hydrogen-bond donors (Lipinski definition) is 1. The zero-order valence-corrected chi connectivity index (χ0v) is 20.2. The molecule has 1 saturated heterocycles. The maximum atomic E-state index is 10.3. The van der Waals surface area contributed by atoms with Crippen LogP contribution in [-0.2, 0) is 11.3 Å². The summed E-state index contributed by atoms with van der Waals surface area (Å²) < 4.78 is 7.64. The second-order valence-corrected chi connectivity index (χ2v) is 10.4. The second kappa shape index (κ2) is 8.83. The summed E-state index contributed by atoms with van der Waals surface area (Å²) in [7, 11) is 0. The van der Waals surface area contributed by atoms with Gasteiger partial charge in [-0.15, -0.1) is 5.10 Å². The maximum Gasteiger partial charge on any atom is 0.216 e. The molecule has 9 heteroatoms. The molecule has 0 spiro atoms. The number of aliphatic hydroxyl groups is 1. The number of hydrogen-bond acceptors (Lipinski definition) is 7. The number of aromatic nitrogens is 4. The van der Waals surface area contributed by atoms with E-state index in [1.807, 2.05) is 54.7 Å². The van der Waals surface area contributed by atoms with Crippen LogP contribution in [0.15, 0.2) is 30.5 Å². The molecule has 176 valence electrons. The summed E-state index contributed by atoms with van der Waals surface area (Å²) in [4.78, 5) is 8.86. The van der Waals surface area contributed by atoms with Gasteiger partial charge in [0, 0.05) is 50.0 Å². The van der Waals surface area contributed by atoms with Crippen molar-refractivity contribution in [3.8, 4) is 11.1 Å². The van der Waals surface area contributed by atoms with Crippen molar-refractivity contribution in [3.05, 3.63) is 35.5 Å². The molecule has 2 fully saturated rings. The van der Waals surface area contributed by atoms with Crippen molar-refractivity contribution in [1.29, 1.82) is 0 Å². The Morgan fingerprint density at radius 3 is 2.52 bits per heavy atom. The minimum atomic E-state index is -0.887. The Morgan fingerprint density at radius 1 is 1.12 bits per heavy atom. The van der Waals surface area contributed by atoms with E-state index in [2.05, 4.69) is 21.3 Å². The van der Waals surface area contributed by atoms with Gasteiger partial charge in [-0.2, -0.15) is 0 Å². The van der Waals surface area contributed by atoms with Crippen molar-refractivity contribution >= 4 is 28.5 Å². The number of anilines is 1. The summed E-state index contributed by atoms with van der Waals surface area (Å²) in [6.07, 6.45) is 3.51. The molecule has 3 aromatic rings. The van der Waals surface area contributed by atoms with Gasteiger partial charge in [-0.3, -0.25) is 4.90 Å². The topological polar surface area (TPSA) is 79.5 Å². The molecular weight excluding hydrogens is 440 g/mol. The molecule has 1 saturated carbocycles. The van der Waals surface area contributed by atoms with Crippen LogP contribution in [0.2, 0.25) is 5.02 Å². The first-order valence-corrected chi connectivity index (χ1v) is 12.0. The number of nitrogens with zero attached hydrogens (tertiary/aromatic N) is 6. The minimum Gasteiger partial charge on any atom is -0.356 e. The van der Waals surface area contributed by atoms with Gasteiger partial charge in [0.05, 0.1) is 16.1 Å². The molecular formula is C24H31ClN6O2. The first kappa shape index (κ1) is 22.5. The third kappa shape index (κ3) is 4.99. The molecule has 0 radical (unpaired) electrons. The van der Waals surface area contributed by atoms with E-state index in [9.17, 15) is 5.11 Å². The Hall–Kier alpha value is -2.26. The fraction of sp³-hybridized carbons (Fsp3) is 0.542. The molecule has 1 aromatic carbocycles. The highest BCUT2D eigenvalue weighted by Gasteiger charge is 2.27. The Balaban J connectivity index is 1.26. The molecule has 33 heavy (non-hydrogen) atoms. The minimum absolute atomic E-state index is 0.385. The van der Waals surface area contributed by atoms with Crippen LogP contribution >= 0.6 is 11.6 Å². The van der Waals surface area contributed by atoms with Crippen LogP contribution in [0.5, 0.6) is 0 Å². The van der Waals surface area contributed by atoms with Crippen molar-refractivity contribution < 1.29 is 9.84 Å². The first-order valence-electron chi connectivity index (χ1n) is 11.6. The van der Waals surface area contributed by atoms with E-state index in [0.29, 0.717) is 18.1 Å². The summed E-state index contributed by atoms with van der Waals surface area (Å²) >= 11 is 6.73. The quantitative estimate of drug-likeness (QED) is 0.549. The number of pyridine rings is 1. The number of rotatable bonds is 6. The number of fused-ring (bicyclic) bond motifs is 1. The fourth-order valence-electron chi connectivity index (χ4n) is 4.20. The zero-order chi connectivity index (χ0) is 23.2. The highest BCUT2D eigenvalue weighted by Crippen LogP contribution is 2.35. The molecule has 1 atom stereocenters. The van der Waals surface area contributed by atoms with Crippen LogP contribution < -0.4 is 4.90 Å². The summed E-state index contributed by atoms with van der Waals surface area (Å²) in [5.74, 6) is 1.64. The third-order valence-electron chi connectivity index (χ3n) is 6.22. The van der Waals surface area contributed by atoms with Gasteiger partial charge in [0.25, 0.3) is 0 Å². The monoisotopic (exact) mass is 470 g/mol. The summed E-state index contributed by atoms with van der Waals surface area (Å²) in [5, 5.41) is 19.6. The van der Waals surface area contributed by atoms with Gasteiger partial charge >= 0.3 is 0 Å². The Kier molecular flexibility index (Phi) is 6.03. The molecule has 1 aliphatic heterocycles. The molecule has 1 N–H and O–H groups in total. The molecule has 2 aromatic heterocycles. The molecule has 1 aliphatic carbocycles. The molecule has 0 amide bonds. The van der Waals surface area contributed by atoms with Crippen molar-refractivity contribution in [2.24, 2.45) is 5.92 Å². The second-order valence-electron chi connectivity index (χ2n) is 9.99. The first-order chi connectivity index (χ1) is 15.8. The van der Waals surface area contributed by atoms with Crippen molar-refractivity contribution in [2.45, 2.75) is 52.2 Å². The number of piperazine rings is 1. The molecule has 5 rings (SSSR count). The van der Waals surface area contributed by atoms with Crippen LogP contribution in [0.1, 0.15) is 33.6 Å². The van der Waals surface area contributed by atoms with Gasteiger partial charge in [-0.05, 0) is 57.7 Å². The summed E-state index contributed by atoms with van der Waals surface area (Å²) in [5.41, 5.74) is 3.20. The SMILES string of the molecule is CC(C)(C)OC(O)N1CCN(c2ccc(-c3ccc4c(nnn4CC4CC4)c3Cl)cn2)CC1. The van der Waals surface area contributed by atoms with E-state index in [-0.39, 0.29) is 5.60 Å². The van der Waals surface area contributed by atoms with E-state index in [0.717, 1.165) is 53.5 Å². The fourth-order valence-corrected chi connectivity index (χ4v) is 4.51. The molecule has 8 nitrogen and oxygen atoms in total. The largest absolute Gasteiger partial charge is 0.356 e. The smallest absolute Gasteiger partial charge is 0.216 e. The highest BCUT2D eigenvalue weighted by molar-refractivity contribution is 6.37. The van der Waals surface area contributed by atoms with Crippen LogP contribution in [0, 0.1) is 5.92 Å². The molecule has 1 unspecified atom stereocenters. The summed E-state index contributed by atoms with van der Waals surface area (Å²) in [6, 6.07) is 8.16. The molecule has 3 heterocycles. The third-order valence-corrected chi connectivity index (χ3v) is 6.60. The zero-order valence-electron chi connectivity index (χ0n) is 19.4. The number of halogens is 1. The number of aliphatic hydroxyl groups excluding tert-OH is 1. The lowest BCUT2D eigenvalue weighted by atomic mass is 10.1. The van der Waals surface area contributed by atoms with Gasteiger partial charge in [0.2, 0.25) is 6.41 Å². The van der Waals surface area contributed by atoms with E-state index >= 15 is 0 Å². The van der Waals surface area contributed by atoms with Crippen molar-refractivity contribution in [1.82, 2.24) is 24.9 Å². The lowest BCUT2D eigenvalue weighted by Gasteiger charge is -2.39. The van der Waals surface area contributed by atoms with Gasteiger partial charge in [-0.25, -0.2) is 9.67 Å².